The molecule has 284 valence electrons. The Hall–Kier alpha value is -5.19. The Labute approximate surface area is 325 Å². The van der Waals surface area contributed by atoms with Gasteiger partial charge in [-0.1, -0.05) is 11.6 Å². The number of halogens is 1. The third-order valence-electron chi connectivity index (χ3n) is 12.5. The van der Waals surface area contributed by atoms with E-state index in [9.17, 15) is 19.6 Å². The van der Waals surface area contributed by atoms with Gasteiger partial charge in [-0.05, 0) is 85.4 Å². The number of H-pyrrole nitrogens is 1. The normalized spacial score (nSPS) is 21.7. The smallest absolute Gasteiger partial charge is 0.255 e. The molecule has 13 nitrogen and oxygen atoms in total. The van der Waals surface area contributed by atoms with Gasteiger partial charge in [0.1, 0.15) is 12.1 Å². The molecule has 0 aliphatic carbocycles. The number of hydrogen-bond acceptors (Lipinski definition) is 10. The van der Waals surface area contributed by atoms with Crippen molar-refractivity contribution < 1.29 is 14.4 Å². The molecule has 4 saturated heterocycles. The van der Waals surface area contributed by atoms with E-state index in [4.69, 9.17) is 21.6 Å². The monoisotopic (exact) mass is 760 g/mol. The Morgan fingerprint density at radius 1 is 0.855 bits per heavy atom. The minimum Gasteiger partial charge on any atom is -0.370 e. The fourth-order valence-corrected chi connectivity index (χ4v) is 9.59. The van der Waals surface area contributed by atoms with Gasteiger partial charge in [0.05, 0.1) is 21.8 Å². The van der Waals surface area contributed by atoms with E-state index < -0.39 is 6.04 Å². The van der Waals surface area contributed by atoms with Crippen molar-refractivity contribution in [2.45, 2.75) is 57.0 Å². The average molecular weight is 761 g/mol. The minimum absolute atomic E-state index is 0.130. The van der Waals surface area contributed by atoms with E-state index in [0.29, 0.717) is 41.0 Å². The van der Waals surface area contributed by atoms with Crippen molar-refractivity contribution in [1.82, 2.24) is 30.1 Å². The summed E-state index contributed by atoms with van der Waals surface area (Å²) in [5.74, 6) is 1.11. The van der Waals surface area contributed by atoms with Crippen LogP contribution in [-0.2, 0) is 16.1 Å². The molecular weight excluding hydrogens is 716 g/mol. The number of benzene rings is 2. The number of nitriles is 1. The highest BCUT2D eigenvalue weighted by atomic mass is 35.5. The molecule has 1 atom stereocenters. The van der Waals surface area contributed by atoms with E-state index in [1.54, 1.807) is 11.1 Å². The lowest BCUT2D eigenvalue weighted by Gasteiger charge is -2.39. The predicted octanol–water partition coefficient (Wildman–Crippen LogP) is 4.67. The van der Waals surface area contributed by atoms with Crippen LogP contribution in [0, 0.1) is 17.2 Å². The number of aromatic amines is 1. The van der Waals surface area contributed by atoms with Gasteiger partial charge >= 0.3 is 0 Å². The van der Waals surface area contributed by atoms with Gasteiger partial charge < -0.3 is 24.6 Å². The number of anilines is 3. The highest BCUT2D eigenvalue weighted by Crippen LogP contribution is 2.37. The third kappa shape index (κ3) is 6.87. The van der Waals surface area contributed by atoms with Gasteiger partial charge in [0, 0.05) is 107 Å². The van der Waals surface area contributed by atoms with Crippen LogP contribution in [0.5, 0.6) is 0 Å². The zero-order chi connectivity index (χ0) is 37.6. The SMILES string of the molecule is N#Cc1c[nH]c2c(N3CCC(c4cnc(N5CCC(CN6CCN(c7ccc8c(c7)CN(C7CCC(=O)NC7=O)C8=O)CC6)CC5)nc4)CC3)ccc(Cl)c12. The average Bonchev–Trinajstić information content (AvgIpc) is 3.80. The molecule has 3 amide bonds. The fraction of sp³-hybridized carbons (Fsp3) is 0.463. The first-order valence-corrected chi connectivity index (χ1v) is 20.0. The van der Waals surface area contributed by atoms with E-state index in [0.717, 1.165) is 118 Å². The van der Waals surface area contributed by atoms with Crippen molar-refractivity contribution in [2.24, 2.45) is 5.92 Å². The molecule has 4 aromatic rings. The number of carbonyl (C=O) groups excluding carboxylic acids is 3. The van der Waals surface area contributed by atoms with Crippen molar-refractivity contribution in [3.63, 3.8) is 0 Å². The molecule has 0 spiro atoms. The second kappa shape index (κ2) is 14.8. The number of imide groups is 1. The zero-order valence-electron chi connectivity index (χ0n) is 30.8. The summed E-state index contributed by atoms with van der Waals surface area (Å²) in [5.41, 5.74) is 6.52. The number of amides is 3. The van der Waals surface area contributed by atoms with Crippen LogP contribution in [0.25, 0.3) is 10.9 Å². The van der Waals surface area contributed by atoms with Crippen molar-refractivity contribution in [1.29, 1.82) is 5.26 Å². The molecule has 2 N–H and O–H groups in total. The maximum atomic E-state index is 13.1. The van der Waals surface area contributed by atoms with Crippen LogP contribution in [0.15, 0.2) is 48.9 Å². The molecule has 2 aromatic carbocycles. The number of piperidine rings is 3. The van der Waals surface area contributed by atoms with Crippen LogP contribution >= 0.6 is 11.6 Å². The van der Waals surface area contributed by atoms with Crippen LogP contribution in [0.4, 0.5) is 17.3 Å². The van der Waals surface area contributed by atoms with E-state index >= 15 is 0 Å². The summed E-state index contributed by atoms with van der Waals surface area (Å²) < 4.78 is 0. The maximum Gasteiger partial charge on any atom is 0.255 e. The van der Waals surface area contributed by atoms with Gasteiger partial charge in [0.15, 0.2) is 0 Å². The Kier molecular flexibility index (Phi) is 9.56. The Morgan fingerprint density at radius 2 is 1.60 bits per heavy atom. The molecule has 55 heavy (non-hydrogen) atoms. The Bertz CT molecular complexity index is 2160. The summed E-state index contributed by atoms with van der Waals surface area (Å²) in [7, 11) is 0. The maximum absolute atomic E-state index is 13.1. The topological polar surface area (TPSA) is 145 Å². The van der Waals surface area contributed by atoms with Gasteiger partial charge in [-0.25, -0.2) is 9.97 Å². The first-order chi connectivity index (χ1) is 26.8. The minimum atomic E-state index is -0.592. The number of nitrogens with one attached hydrogen (secondary N) is 2. The third-order valence-corrected chi connectivity index (χ3v) is 12.8. The summed E-state index contributed by atoms with van der Waals surface area (Å²) >= 11 is 6.44. The molecule has 0 saturated carbocycles. The van der Waals surface area contributed by atoms with Crippen LogP contribution in [0.2, 0.25) is 5.02 Å². The van der Waals surface area contributed by atoms with Crippen molar-refractivity contribution in [2.75, 3.05) is 73.6 Å². The lowest BCUT2D eigenvalue weighted by Crippen LogP contribution is -2.52. The summed E-state index contributed by atoms with van der Waals surface area (Å²) in [5, 5.41) is 13.3. The summed E-state index contributed by atoms with van der Waals surface area (Å²) in [6.07, 6.45) is 10.7. The molecular formula is C41H45ClN10O3. The van der Waals surface area contributed by atoms with Crippen molar-refractivity contribution >= 4 is 57.5 Å². The number of fused-ring (bicyclic) bond motifs is 2. The molecule has 5 aliphatic rings. The largest absolute Gasteiger partial charge is 0.370 e. The van der Waals surface area contributed by atoms with Crippen molar-refractivity contribution in [3.8, 4) is 6.07 Å². The van der Waals surface area contributed by atoms with E-state index in [1.165, 1.54) is 5.56 Å². The highest BCUT2D eigenvalue weighted by Gasteiger charge is 2.39. The number of piperazine rings is 1. The number of aromatic nitrogens is 3. The second-order valence-electron chi connectivity index (χ2n) is 15.7. The molecule has 7 heterocycles. The summed E-state index contributed by atoms with van der Waals surface area (Å²) in [6, 6.07) is 11.6. The number of carbonyl (C=O) groups is 3. The van der Waals surface area contributed by atoms with E-state index in [-0.39, 0.29) is 24.1 Å². The molecule has 5 aliphatic heterocycles. The quantitative estimate of drug-likeness (QED) is 0.255. The van der Waals surface area contributed by atoms with Gasteiger partial charge in [-0.15, -0.1) is 0 Å². The van der Waals surface area contributed by atoms with Gasteiger partial charge in [0.2, 0.25) is 17.8 Å². The first-order valence-electron chi connectivity index (χ1n) is 19.6. The number of rotatable bonds is 7. The second-order valence-corrected chi connectivity index (χ2v) is 16.1. The molecule has 0 bridgehead atoms. The molecule has 0 radical (unpaired) electrons. The highest BCUT2D eigenvalue weighted by molar-refractivity contribution is 6.36. The van der Waals surface area contributed by atoms with Crippen molar-refractivity contribution in [3.05, 3.63) is 76.2 Å². The first kappa shape index (κ1) is 35.5. The lowest BCUT2D eigenvalue weighted by molar-refractivity contribution is -0.136. The van der Waals surface area contributed by atoms with Gasteiger partial charge in [0.25, 0.3) is 5.91 Å². The number of hydrogen-bond donors (Lipinski definition) is 2. The molecule has 4 fully saturated rings. The Morgan fingerprint density at radius 3 is 2.33 bits per heavy atom. The van der Waals surface area contributed by atoms with Crippen LogP contribution in [0.3, 0.4) is 0 Å². The van der Waals surface area contributed by atoms with Crippen LogP contribution in [0.1, 0.15) is 71.5 Å². The zero-order valence-corrected chi connectivity index (χ0v) is 31.6. The van der Waals surface area contributed by atoms with Gasteiger partial charge in [-0.2, -0.15) is 5.26 Å². The van der Waals surface area contributed by atoms with Gasteiger partial charge in [-0.3, -0.25) is 24.6 Å². The van der Waals surface area contributed by atoms with Crippen LogP contribution < -0.4 is 20.0 Å². The molecule has 14 heteroatoms. The summed E-state index contributed by atoms with van der Waals surface area (Å²) in [4.78, 5) is 61.4. The molecule has 1 unspecified atom stereocenters. The lowest BCUT2D eigenvalue weighted by atomic mass is 9.91. The summed E-state index contributed by atoms with van der Waals surface area (Å²) in [6.45, 7) is 9.13. The standard InChI is InChI=1S/C41H45ClN10O3/c42-33-3-4-34(38-37(33)29(20-43)21-44-38)50-13-9-27(10-14-50)30-22-45-41(46-23-30)51-11-7-26(8-12-51)24-48-15-17-49(18-16-48)31-1-2-32-28(19-31)25-52(40(32)55)35-5-6-36(53)47-39(35)54/h1-4,19,21-23,26-27,35,44H,5-18,24-25H2,(H,47,53,54). The molecule has 9 rings (SSSR count). The predicted molar refractivity (Wildman–Crippen MR) is 210 cm³/mol. The van der Waals surface area contributed by atoms with E-state index in [1.807, 2.05) is 36.7 Å². The molecule has 2 aromatic heterocycles. The fourth-order valence-electron chi connectivity index (χ4n) is 9.33. The van der Waals surface area contributed by atoms with Crippen LogP contribution in [-0.4, -0.2) is 107 Å². The van der Waals surface area contributed by atoms with E-state index in [2.05, 4.69) is 42.0 Å². The Balaban J connectivity index is 0.724. The number of nitrogens with zero attached hydrogens (tertiary/aromatic N) is 8.